The maximum atomic E-state index is 12.6. The van der Waals surface area contributed by atoms with Crippen molar-refractivity contribution in [3.05, 3.63) is 0 Å². The van der Waals surface area contributed by atoms with Crippen molar-refractivity contribution in [3.8, 4) is 0 Å². The van der Waals surface area contributed by atoms with Gasteiger partial charge in [-0.1, -0.05) is 12.8 Å². The predicted octanol–water partition coefficient (Wildman–Crippen LogP) is 1.93. The first kappa shape index (κ1) is 14.8. The Kier molecular flexibility index (Phi) is 5.64. The summed E-state index contributed by atoms with van der Waals surface area (Å²) in [5.41, 5.74) is 0. The monoisotopic (exact) mass is 268 g/mol. The van der Waals surface area contributed by atoms with E-state index in [-0.39, 0.29) is 18.1 Å². The molecule has 2 fully saturated rings. The number of hydrogen-bond donors (Lipinski definition) is 1. The molecule has 0 aromatic heterocycles. The van der Waals surface area contributed by atoms with Crippen LogP contribution < -0.4 is 5.32 Å². The van der Waals surface area contributed by atoms with E-state index >= 15 is 0 Å². The molecule has 1 N–H and O–H groups in total. The fraction of sp³-hybridized carbons (Fsp3) is 0.933. The zero-order chi connectivity index (χ0) is 13.7. The number of amides is 1. The summed E-state index contributed by atoms with van der Waals surface area (Å²) in [6.07, 6.45) is 8.19. The molecule has 19 heavy (non-hydrogen) atoms. The molecular weight excluding hydrogens is 240 g/mol. The smallest absolute Gasteiger partial charge is 0.240 e. The van der Waals surface area contributed by atoms with Crippen LogP contribution in [0.5, 0.6) is 0 Å². The Morgan fingerprint density at radius 1 is 1.21 bits per heavy atom. The molecular formula is C15H28N2O2. The standard InChI is InChI=1S/C15H28N2O2/c1-12-7-6-9-14(16-2)15(18)17(12)11-13-8-4-3-5-10-19-13/h12-14,16H,3-11H2,1-2H3. The van der Waals surface area contributed by atoms with E-state index in [0.717, 1.165) is 38.8 Å². The lowest BCUT2D eigenvalue weighted by Crippen LogP contribution is -2.49. The van der Waals surface area contributed by atoms with Crippen molar-refractivity contribution in [2.24, 2.45) is 0 Å². The molecule has 2 heterocycles. The van der Waals surface area contributed by atoms with Gasteiger partial charge in [0.1, 0.15) is 0 Å². The Hall–Kier alpha value is -0.610. The van der Waals surface area contributed by atoms with Gasteiger partial charge in [0, 0.05) is 19.2 Å². The van der Waals surface area contributed by atoms with Crippen molar-refractivity contribution < 1.29 is 9.53 Å². The van der Waals surface area contributed by atoms with Crippen LogP contribution in [0, 0.1) is 0 Å². The van der Waals surface area contributed by atoms with E-state index in [1.54, 1.807) is 0 Å². The highest BCUT2D eigenvalue weighted by Gasteiger charge is 2.31. The van der Waals surface area contributed by atoms with Crippen LogP contribution in [0.3, 0.4) is 0 Å². The SMILES string of the molecule is CNC1CCCC(C)N(CC2CCCCCO2)C1=O. The molecule has 2 rings (SSSR count). The number of hydrogen-bond acceptors (Lipinski definition) is 3. The summed E-state index contributed by atoms with van der Waals surface area (Å²) in [4.78, 5) is 14.6. The first-order valence-electron chi connectivity index (χ1n) is 7.81. The van der Waals surface area contributed by atoms with Gasteiger partial charge in [0.15, 0.2) is 0 Å². The van der Waals surface area contributed by atoms with Gasteiger partial charge in [-0.05, 0) is 46.1 Å². The average molecular weight is 268 g/mol. The van der Waals surface area contributed by atoms with Gasteiger partial charge in [-0.15, -0.1) is 0 Å². The lowest BCUT2D eigenvalue weighted by atomic mass is 10.1. The van der Waals surface area contributed by atoms with Gasteiger partial charge in [-0.2, -0.15) is 0 Å². The van der Waals surface area contributed by atoms with Crippen LogP contribution in [0.2, 0.25) is 0 Å². The average Bonchev–Trinajstić information content (AvgIpc) is 2.74. The van der Waals surface area contributed by atoms with Crippen LogP contribution in [-0.2, 0) is 9.53 Å². The Balaban J connectivity index is 1.99. The van der Waals surface area contributed by atoms with Crippen LogP contribution in [0.1, 0.15) is 51.9 Å². The Labute approximate surface area is 116 Å². The van der Waals surface area contributed by atoms with Crippen molar-refractivity contribution in [2.75, 3.05) is 20.2 Å². The quantitative estimate of drug-likeness (QED) is 0.850. The zero-order valence-electron chi connectivity index (χ0n) is 12.4. The number of likely N-dealkylation sites (tertiary alicyclic amines) is 1. The number of carbonyl (C=O) groups is 1. The maximum absolute atomic E-state index is 12.6. The molecule has 2 saturated heterocycles. The minimum Gasteiger partial charge on any atom is -0.376 e. The topological polar surface area (TPSA) is 41.6 Å². The summed E-state index contributed by atoms with van der Waals surface area (Å²) in [5, 5.41) is 3.16. The molecule has 0 aromatic carbocycles. The minimum absolute atomic E-state index is 0.00396. The minimum atomic E-state index is -0.00396. The second-order valence-electron chi connectivity index (χ2n) is 5.95. The number of rotatable bonds is 3. The molecule has 2 aliphatic heterocycles. The third kappa shape index (κ3) is 3.93. The van der Waals surface area contributed by atoms with E-state index in [9.17, 15) is 4.79 Å². The van der Waals surface area contributed by atoms with E-state index in [2.05, 4.69) is 17.1 Å². The van der Waals surface area contributed by atoms with Gasteiger partial charge in [0.25, 0.3) is 0 Å². The van der Waals surface area contributed by atoms with Crippen molar-refractivity contribution >= 4 is 5.91 Å². The zero-order valence-corrected chi connectivity index (χ0v) is 12.4. The summed E-state index contributed by atoms with van der Waals surface area (Å²) >= 11 is 0. The highest BCUT2D eigenvalue weighted by Crippen LogP contribution is 2.21. The number of likely N-dealkylation sites (N-methyl/N-ethyl adjacent to an activating group) is 1. The molecule has 0 radical (unpaired) electrons. The third-order valence-electron chi connectivity index (χ3n) is 4.50. The molecule has 2 aliphatic rings. The van der Waals surface area contributed by atoms with Crippen molar-refractivity contribution in [1.82, 2.24) is 10.2 Å². The van der Waals surface area contributed by atoms with E-state index in [0.29, 0.717) is 6.04 Å². The van der Waals surface area contributed by atoms with Gasteiger partial charge < -0.3 is 15.0 Å². The normalized spacial score (nSPS) is 33.9. The first-order chi connectivity index (χ1) is 9.22. The van der Waals surface area contributed by atoms with Gasteiger partial charge in [-0.3, -0.25) is 4.79 Å². The molecule has 4 heteroatoms. The Morgan fingerprint density at radius 2 is 2.05 bits per heavy atom. The number of nitrogens with zero attached hydrogens (tertiary/aromatic N) is 1. The molecule has 0 bridgehead atoms. The van der Waals surface area contributed by atoms with Gasteiger partial charge in [0.05, 0.1) is 12.1 Å². The van der Waals surface area contributed by atoms with Crippen LogP contribution in [0.25, 0.3) is 0 Å². The van der Waals surface area contributed by atoms with Gasteiger partial charge in [-0.25, -0.2) is 0 Å². The number of ether oxygens (including phenoxy) is 1. The Bertz CT molecular complexity index is 288. The molecule has 0 spiro atoms. The van der Waals surface area contributed by atoms with Crippen LogP contribution in [0.4, 0.5) is 0 Å². The largest absolute Gasteiger partial charge is 0.376 e. The molecule has 3 unspecified atom stereocenters. The van der Waals surface area contributed by atoms with Gasteiger partial charge in [0.2, 0.25) is 5.91 Å². The first-order valence-corrected chi connectivity index (χ1v) is 7.81. The summed E-state index contributed by atoms with van der Waals surface area (Å²) in [5.74, 6) is 0.264. The molecule has 0 aromatic rings. The van der Waals surface area contributed by atoms with Crippen LogP contribution >= 0.6 is 0 Å². The Morgan fingerprint density at radius 3 is 2.84 bits per heavy atom. The van der Waals surface area contributed by atoms with E-state index in [1.165, 1.54) is 19.3 Å². The molecule has 1 amide bonds. The van der Waals surface area contributed by atoms with Crippen LogP contribution in [0.15, 0.2) is 0 Å². The lowest BCUT2D eigenvalue weighted by molar-refractivity contribution is -0.136. The molecule has 110 valence electrons. The number of carbonyl (C=O) groups excluding carboxylic acids is 1. The van der Waals surface area contributed by atoms with E-state index in [1.807, 2.05) is 7.05 Å². The van der Waals surface area contributed by atoms with E-state index < -0.39 is 0 Å². The van der Waals surface area contributed by atoms with Crippen LogP contribution in [-0.4, -0.2) is 49.2 Å². The summed E-state index contributed by atoms with van der Waals surface area (Å²) in [6, 6.07) is 0.341. The number of nitrogens with one attached hydrogen (secondary N) is 1. The second kappa shape index (κ2) is 7.25. The summed E-state index contributed by atoms with van der Waals surface area (Å²) in [6.45, 7) is 3.81. The lowest BCUT2D eigenvalue weighted by Gasteiger charge is -2.32. The molecule has 4 nitrogen and oxygen atoms in total. The van der Waals surface area contributed by atoms with Crippen molar-refractivity contribution in [2.45, 2.75) is 70.1 Å². The molecule has 0 aliphatic carbocycles. The highest BCUT2D eigenvalue weighted by molar-refractivity contribution is 5.82. The summed E-state index contributed by atoms with van der Waals surface area (Å²) in [7, 11) is 1.89. The van der Waals surface area contributed by atoms with Crippen molar-refractivity contribution in [1.29, 1.82) is 0 Å². The van der Waals surface area contributed by atoms with Gasteiger partial charge >= 0.3 is 0 Å². The predicted molar refractivity (Wildman–Crippen MR) is 76.1 cm³/mol. The third-order valence-corrected chi connectivity index (χ3v) is 4.50. The van der Waals surface area contributed by atoms with E-state index in [4.69, 9.17) is 4.74 Å². The van der Waals surface area contributed by atoms with Crippen molar-refractivity contribution in [3.63, 3.8) is 0 Å². The summed E-state index contributed by atoms with van der Waals surface area (Å²) < 4.78 is 5.90. The highest BCUT2D eigenvalue weighted by atomic mass is 16.5. The maximum Gasteiger partial charge on any atom is 0.240 e. The molecule has 3 atom stereocenters. The molecule has 0 saturated carbocycles. The fourth-order valence-electron chi connectivity index (χ4n) is 3.20. The second-order valence-corrected chi connectivity index (χ2v) is 5.95. The fourth-order valence-corrected chi connectivity index (χ4v) is 3.20.